The average Bonchev–Trinajstić information content (AvgIpc) is 2.94. The summed E-state index contributed by atoms with van der Waals surface area (Å²) in [6.07, 6.45) is 4.03. The summed E-state index contributed by atoms with van der Waals surface area (Å²) in [4.78, 5) is 28.5. The van der Waals surface area contributed by atoms with Gasteiger partial charge in [0, 0.05) is 18.1 Å². The van der Waals surface area contributed by atoms with Crippen molar-refractivity contribution in [2.45, 2.75) is 25.3 Å². The first-order valence-corrected chi connectivity index (χ1v) is 6.78. The number of aromatic amines is 1. The smallest absolute Gasteiger partial charge is 0.326 e. The molecule has 20 heavy (non-hydrogen) atoms. The van der Waals surface area contributed by atoms with Gasteiger partial charge in [0.25, 0.3) is 5.91 Å². The lowest BCUT2D eigenvalue weighted by molar-refractivity contribution is -0.143. The maximum absolute atomic E-state index is 12.7. The number of nitrogens with one attached hydrogen (secondary N) is 1. The monoisotopic (exact) mass is 272 g/mol. The Kier molecular flexibility index (Phi) is 3.18. The number of carboxylic acids is 1. The van der Waals surface area contributed by atoms with Crippen molar-refractivity contribution < 1.29 is 14.7 Å². The van der Waals surface area contributed by atoms with Crippen LogP contribution in [0.1, 0.15) is 29.6 Å². The largest absolute Gasteiger partial charge is 0.480 e. The molecule has 1 aromatic carbocycles. The molecule has 5 nitrogen and oxygen atoms in total. The number of para-hydroxylation sites is 1. The number of benzene rings is 1. The van der Waals surface area contributed by atoms with E-state index in [9.17, 15) is 14.7 Å². The number of carboxylic acid groups (broad SMARTS) is 1. The van der Waals surface area contributed by atoms with Crippen molar-refractivity contribution in [2.75, 3.05) is 6.54 Å². The summed E-state index contributed by atoms with van der Waals surface area (Å²) in [6, 6.07) is 6.68. The minimum absolute atomic E-state index is 0.204. The third kappa shape index (κ3) is 2.05. The number of hydrogen-bond acceptors (Lipinski definition) is 2. The van der Waals surface area contributed by atoms with Crippen molar-refractivity contribution >= 4 is 22.8 Å². The topological polar surface area (TPSA) is 73.4 Å². The molecule has 0 aliphatic carbocycles. The third-order valence-corrected chi connectivity index (χ3v) is 3.87. The Hall–Kier alpha value is -2.30. The number of aromatic nitrogens is 1. The highest BCUT2D eigenvalue weighted by Gasteiger charge is 2.33. The normalized spacial score (nSPS) is 19.2. The third-order valence-electron chi connectivity index (χ3n) is 3.87. The van der Waals surface area contributed by atoms with Crippen LogP contribution in [-0.2, 0) is 4.79 Å². The molecule has 0 spiro atoms. The molecule has 1 amide bonds. The van der Waals surface area contributed by atoms with Crippen molar-refractivity contribution in [3.05, 3.63) is 36.0 Å². The lowest BCUT2D eigenvalue weighted by Gasteiger charge is -2.33. The van der Waals surface area contributed by atoms with Gasteiger partial charge >= 0.3 is 5.97 Å². The summed E-state index contributed by atoms with van der Waals surface area (Å²) in [7, 11) is 0. The molecule has 3 rings (SSSR count). The van der Waals surface area contributed by atoms with Crippen LogP contribution in [-0.4, -0.2) is 39.5 Å². The molecular formula is C15H16N2O3. The molecule has 2 N–H and O–H groups in total. The maximum atomic E-state index is 12.7. The Labute approximate surface area is 116 Å². The Balaban J connectivity index is 1.98. The van der Waals surface area contributed by atoms with Gasteiger partial charge in [0.2, 0.25) is 0 Å². The van der Waals surface area contributed by atoms with Crippen LogP contribution in [0.15, 0.2) is 30.5 Å². The summed E-state index contributed by atoms with van der Waals surface area (Å²) in [5, 5.41) is 10.2. The fourth-order valence-electron chi connectivity index (χ4n) is 2.85. The maximum Gasteiger partial charge on any atom is 0.326 e. The van der Waals surface area contributed by atoms with Gasteiger partial charge in [-0.05, 0) is 31.4 Å². The molecular weight excluding hydrogens is 256 g/mol. The molecule has 1 aromatic heterocycles. The summed E-state index contributed by atoms with van der Waals surface area (Å²) in [5.41, 5.74) is 1.31. The van der Waals surface area contributed by atoms with E-state index in [-0.39, 0.29) is 5.91 Å². The van der Waals surface area contributed by atoms with Gasteiger partial charge in [-0.15, -0.1) is 0 Å². The predicted molar refractivity (Wildman–Crippen MR) is 74.6 cm³/mol. The average molecular weight is 272 g/mol. The first kappa shape index (κ1) is 12.7. The van der Waals surface area contributed by atoms with E-state index in [1.165, 1.54) is 4.90 Å². The zero-order valence-electron chi connectivity index (χ0n) is 11.0. The molecule has 2 aromatic rings. The van der Waals surface area contributed by atoms with Gasteiger partial charge in [-0.2, -0.15) is 0 Å². The molecule has 1 saturated heterocycles. The van der Waals surface area contributed by atoms with Crippen molar-refractivity contribution in [3.8, 4) is 0 Å². The molecule has 0 saturated carbocycles. The summed E-state index contributed by atoms with van der Waals surface area (Å²) < 4.78 is 0. The van der Waals surface area contributed by atoms with Gasteiger partial charge in [0.05, 0.1) is 11.1 Å². The van der Waals surface area contributed by atoms with E-state index in [1.807, 2.05) is 18.2 Å². The number of rotatable bonds is 2. The van der Waals surface area contributed by atoms with Crippen LogP contribution in [0.3, 0.4) is 0 Å². The van der Waals surface area contributed by atoms with Crippen molar-refractivity contribution in [1.82, 2.24) is 9.88 Å². The first-order chi connectivity index (χ1) is 9.68. The molecule has 1 atom stereocenters. The number of carbonyl (C=O) groups excluding carboxylic acids is 1. The first-order valence-electron chi connectivity index (χ1n) is 6.78. The lowest BCUT2D eigenvalue weighted by Crippen LogP contribution is -2.48. The van der Waals surface area contributed by atoms with Crippen LogP contribution in [0.2, 0.25) is 0 Å². The van der Waals surface area contributed by atoms with Crippen LogP contribution >= 0.6 is 0 Å². The predicted octanol–water partition coefficient (Wildman–Crippen LogP) is 2.25. The number of aliphatic carboxylic acids is 1. The van der Waals surface area contributed by atoms with E-state index in [0.717, 1.165) is 23.7 Å². The number of carbonyl (C=O) groups is 2. The highest BCUT2D eigenvalue weighted by molar-refractivity contribution is 6.06. The molecule has 1 fully saturated rings. The fraction of sp³-hybridized carbons (Fsp3) is 0.333. The van der Waals surface area contributed by atoms with Gasteiger partial charge in [0.1, 0.15) is 6.04 Å². The van der Waals surface area contributed by atoms with Crippen LogP contribution in [0.25, 0.3) is 10.9 Å². The Morgan fingerprint density at radius 2 is 2.10 bits per heavy atom. The summed E-state index contributed by atoms with van der Waals surface area (Å²) >= 11 is 0. The van der Waals surface area contributed by atoms with Crippen molar-refractivity contribution in [1.29, 1.82) is 0 Å². The lowest BCUT2D eigenvalue weighted by atomic mass is 10.0. The number of H-pyrrole nitrogens is 1. The highest BCUT2D eigenvalue weighted by Crippen LogP contribution is 2.23. The molecule has 0 unspecified atom stereocenters. The van der Waals surface area contributed by atoms with Crippen LogP contribution in [0.4, 0.5) is 0 Å². The second-order valence-corrected chi connectivity index (χ2v) is 5.10. The number of nitrogens with zero attached hydrogens (tertiary/aromatic N) is 1. The van der Waals surface area contributed by atoms with E-state index in [2.05, 4.69) is 4.98 Å². The Bertz CT molecular complexity index is 662. The molecule has 5 heteroatoms. The van der Waals surface area contributed by atoms with Gasteiger partial charge in [-0.3, -0.25) is 4.79 Å². The molecule has 0 bridgehead atoms. The van der Waals surface area contributed by atoms with Crippen molar-refractivity contribution in [3.63, 3.8) is 0 Å². The number of fused-ring (bicyclic) bond motifs is 1. The zero-order chi connectivity index (χ0) is 14.1. The van der Waals surface area contributed by atoms with Gasteiger partial charge in [0.15, 0.2) is 0 Å². The van der Waals surface area contributed by atoms with E-state index in [0.29, 0.717) is 18.5 Å². The quantitative estimate of drug-likeness (QED) is 0.880. The fourth-order valence-corrected chi connectivity index (χ4v) is 2.85. The second-order valence-electron chi connectivity index (χ2n) is 5.10. The number of hydrogen-bond donors (Lipinski definition) is 2. The molecule has 1 aliphatic heterocycles. The number of likely N-dealkylation sites (tertiary alicyclic amines) is 1. The second kappa shape index (κ2) is 5.00. The SMILES string of the molecule is O=C(O)[C@@H]1CCCCN1C(=O)c1cccc2cc[nH]c12. The van der Waals surface area contributed by atoms with Crippen LogP contribution < -0.4 is 0 Å². The standard InChI is InChI=1S/C15H16N2O3/c18-14(17-9-2-1-6-12(17)15(19)20)11-5-3-4-10-7-8-16-13(10)11/h3-5,7-8,12,16H,1-2,6,9H2,(H,19,20)/t12-/m0/s1. The van der Waals surface area contributed by atoms with E-state index < -0.39 is 12.0 Å². The summed E-state index contributed by atoms with van der Waals surface area (Å²) in [5.74, 6) is -1.12. The zero-order valence-corrected chi connectivity index (χ0v) is 11.0. The van der Waals surface area contributed by atoms with Crippen LogP contribution in [0, 0.1) is 0 Å². The van der Waals surface area contributed by atoms with E-state index in [1.54, 1.807) is 12.3 Å². The van der Waals surface area contributed by atoms with E-state index >= 15 is 0 Å². The van der Waals surface area contributed by atoms with E-state index in [4.69, 9.17) is 0 Å². The Morgan fingerprint density at radius 1 is 1.25 bits per heavy atom. The Morgan fingerprint density at radius 3 is 2.90 bits per heavy atom. The van der Waals surface area contributed by atoms with Gasteiger partial charge in [-0.25, -0.2) is 4.79 Å². The molecule has 2 heterocycles. The van der Waals surface area contributed by atoms with Gasteiger partial charge < -0.3 is 15.0 Å². The molecule has 0 radical (unpaired) electrons. The minimum atomic E-state index is -0.920. The van der Waals surface area contributed by atoms with Crippen LogP contribution in [0.5, 0.6) is 0 Å². The highest BCUT2D eigenvalue weighted by atomic mass is 16.4. The van der Waals surface area contributed by atoms with Crippen molar-refractivity contribution in [2.24, 2.45) is 0 Å². The summed E-state index contributed by atoms with van der Waals surface area (Å²) in [6.45, 7) is 0.507. The number of piperidine rings is 1. The number of amides is 1. The molecule has 104 valence electrons. The minimum Gasteiger partial charge on any atom is -0.480 e. The molecule has 1 aliphatic rings. The van der Waals surface area contributed by atoms with Gasteiger partial charge in [-0.1, -0.05) is 12.1 Å².